The molecule has 0 saturated carbocycles. The molecule has 6 nitrogen and oxygen atoms in total. The van der Waals surface area contributed by atoms with Crippen LogP contribution in [0.25, 0.3) is 11.5 Å². The Hall–Kier alpha value is -2.24. The lowest BCUT2D eigenvalue weighted by atomic mass is 10.2. The quantitative estimate of drug-likeness (QED) is 0.532. The predicted molar refractivity (Wildman–Crippen MR) is 46.4 cm³/mol. The number of benzene rings is 1. The summed E-state index contributed by atoms with van der Waals surface area (Å²) >= 11 is 0. The van der Waals surface area contributed by atoms with Crippen molar-refractivity contribution in [2.45, 2.75) is 0 Å². The first-order valence-electron chi connectivity index (χ1n) is 3.79. The molecule has 14 heavy (non-hydrogen) atoms. The highest BCUT2D eigenvalue weighted by Gasteiger charge is 2.17. The van der Waals surface area contributed by atoms with Crippen molar-refractivity contribution in [1.82, 2.24) is 10.2 Å². The molecule has 6 heteroatoms. The van der Waals surface area contributed by atoms with Crippen molar-refractivity contribution in [3.63, 3.8) is 0 Å². The molecule has 0 aliphatic carbocycles. The molecule has 1 aromatic carbocycles. The van der Waals surface area contributed by atoms with Crippen LogP contribution in [0.2, 0.25) is 0 Å². The maximum atomic E-state index is 10.6. The van der Waals surface area contributed by atoms with Gasteiger partial charge in [0.1, 0.15) is 5.56 Å². The number of para-hydroxylation sites is 1. The van der Waals surface area contributed by atoms with E-state index >= 15 is 0 Å². The van der Waals surface area contributed by atoms with Crippen LogP contribution in [0.15, 0.2) is 35.1 Å². The number of nitro groups is 1. The Morgan fingerprint density at radius 1 is 1.36 bits per heavy atom. The maximum Gasteiger partial charge on any atom is 0.282 e. The Kier molecular flexibility index (Phi) is 1.94. The summed E-state index contributed by atoms with van der Waals surface area (Å²) in [5.74, 6) is 0.150. The van der Waals surface area contributed by atoms with Crippen LogP contribution in [-0.2, 0) is 0 Å². The van der Waals surface area contributed by atoms with Crippen molar-refractivity contribution in [2.24, 2.45) is 0 Å². The van der Waals surface area contributed by atoms with E-state index in [4.69, 9.17) is 4.42 Å². The average Bonchev–Trinajstić information content (AvgIpc) is 2.70. The van der Waals surface area contributed by atoms with Gasteiger partial charge in [-0.25, -0.2) is 0 Å². The van der Waals surface area contributed by atoms with Crippen LogP contribution in [0.3, 0.4) is 0 Å². The minimum absolute atomic E-state index is 0.0447. The van der Waals surface area contributed by atoms with Crippen LogP contribution in [0.1, 0.15) is 0 Å². The van der Waals surface area contributed by atoms with Crippen LogP contribution in [0.5, 0.6) is 0 Å². The lowest BCUT2D eigenvalue weighted by Gasteiger charge is -1.95. The highest BCUT2D eigenvalue weighted by Crippen LogP contribution is 2.27. The fourth-order valence-electron chi connectivity index (χ4n) is 1.10. The van der Waals surface area contributed by atoms with E-state index in [0.29, 0.717) is 5.56 Å². The lowest BCUT2D eigenvalue weighted by molar-refractivity contribution is -0.384. The highest BCUT2D eigenvalue weighted by atomic mass is 16.6. The average molecular weight is 191 g/mol. The summed E-state index contributed by atoms with van der Waals surface area (Å²) in [6, 6.07) is 6.20. The van der Waals surface area contributed by atoms with E-state index in [-0.39, 0.29) is 11.6 Å². The number of rotatable bonds is 2. The summed E-state index contributed by atoms with van der Waals surface area (Å²) in [5, 5.41) is 17.7. The van der Waals surface area contributed by atoms with Gasteiger partial charge in [0.05, 0.1) is 4.92 Å². The van der Waals surface area contributed by atoms with E-state index in [2.05, 4.69) is 10.2 Å². The van der Waals surface area contributed by atoms with Gasteiger partial charge >= 0.3 is 0 Å². The summed E-state index contributed by atoms with van der Waals surface area (Å²) in [4.78, 5) is 10.1. The van der Waals surface area contributed by atoms with Crippen LogP contribution in [-0.4, -0.2) is 15.1 Å². The zero-order chi connectivity index (χ0) is 9.97. The Morgan fingerprint density at radius 2 is 2.14 bits per heavy atom. The fraction of sp³-hybridized carbons (Fsp3) is 0. The molecule has 2 rings (SSSR count). The first-order chi connectivity index (χ1) is 6.79. The van der Waals surface area contributed by atoms with Gasteiger partial charge in [-0.2, -0.15) is 0 Å². The van der Waals surface area contributed by atoms with Gasteiger partial charge in [-0.1, -0.05) is 12.1 Å². The van der Waals surface area contributed by atoms with Crippen LogP contribution < -0.4 is 0 Å². The molecule has 1 heterocycles. The molecular formula is C8H5N3O3. The third-order valence-corrected chi connectivity index (χ3v) is 1.69. The molecule has 0 spiro atoms. The summed E-state index contributed by atoms with van der Waals surface area (Å²) in [7, 11) is 0. The second kappa shape index (κ2) is 3.25. The largest absolute Gasteiger partial charge is 0.423 e. The van der Waals surface area contributed by atoms with Gasteiger partial charge in [0.2, 0.25) is 6.39 Å². The summed E-state index contributed by atoms with van der Waals surface area (Å²) in [6.07, 6.45) is 1.13. The topological polar surface area (TPSA) is 82.1 Å². The summed E-state index contributed by atoms with van der Waals surface area (Å²) < 4.78 is 4.88. The number of aromatic nitrogens is 2. The molecule has 0 aliphatic rings. The molecule has 0 unspecified atom stereocenters. The monoisotopic (exact) mass is 191 g/mol. The zero-order valence-electron chi connectivity index (χ0n) is 6.95. The second-order valence-corrected chi connectivity index (χ2v) is 2.52. The van der Waals surface area contributed by atoms with Crippen LogP contribution in [0, 0.1) is 10.1 Å². The zero-order valence-corrected chi connectivity index (χ0v) is 6.95. The molecular weight excluding hydrogens is 186 g/mol. The number of nitro benzene ring substituents is 1. The van der Waals surface area contributed by atoms with E-state index in [9.17, 15) is 10.1 Å². The van der Waals surface area contributed by atoms with E-state index in [1.54, 1.807) is 18.2 Å². The Bertz CT molecular complexity index is 453. The van der Waals surface area contributed by atoms with Gasteiger partial charge in [0, 0.05) is 6.07 Å². The fourth-order valence-corrected chi connectivity index (χ4v) is 1.10. The van der Waals surface area contributed by atoms with Gasteiger partial charge in [-0.15, -0.1) is 10.2 Å². The minimum atomic E-state index is -0.487. The molecule has 0 radical (unpaired) electrons. The number of hydrogen-bond donors (Lipinski definition) is 0. The smallest absolute Gasteiger partial charge is 0.282 e. The van der Waals surface area contributed by atoms with Crippen molar-refractivity contribution < 1.29 is 9.34 Å². The molecule has 0 saturated heterocycles. The SMILES string of the molecule is O=[N+]([O-])c1ccccc1-c1nnco1. The van der Waals surface area contributed by atoms with Crippen molar-refractivity contribution in [1.29, 1.82) is 0 Å². The van der Waals surface area contributed by atoms with E-state index in [1.807, 2.05) is 0 Å². The third kappa shape index (κ3) is 1.33. The predicted octanol–water partition coefficient (Wildman–Crippen LogP) is 1.64. The molecule has 0 bridgehead atoms. The summed E-state index contributed by atoms with van der Waals surface area (Å²) in [6.45, 7) is 0. The number of nitrogens with zero attached hydrogens (tertiary/aromatic N) is 3. The standard InChI is InChI=1S/C8H5N3O3/c12-11(13)7-4-2-1-3-6(7)8-10-9-5-14-8/h1-5H. The van der Waals surface area contributed by atoms with E-state index in [1.165, 1.54) is 6.07 Å². The Morgan fingerprint density at radius 3 is 2.79 bits per heavy atom. The molecule has 0 fully saturated rings. The minimum Gasteiger partial charge on any atom is -0.423 e. The van der Waals surface area contributed by atoms with Gasteiger partial charge in [-0.05, 0) is 6.07 Å². The summed E-state index contributed by atoms with van der Waals surface area (Å²) in [5.41, 5.74) is 0.284. The van der Waals surface area contributed by atoms with E-state index in [0.717, 1.165) is 6.39 Å². The van der Waals surface area contributed by atoms with Crippen molar-refractivity contribution in [3.8, 4) is 11.5 Å². The van der Waals surface area contributed by atoms with Gasteiger partial charge < -0.3 is 4.42 Å². The van der Waals surface area contributed by atoms with Crippen LogP contribution in [0.4, 0.5) is 5.69 Å². The van der Waals surface area contributed by atoms with Gasteiger partial charge in [0.15, 0.2) is 0 Å². The molecule has 0 N–H and O–H groups in total. The van der Waals surface area contributed by atoms with Crippen molar-refractivity contribution >= 4 is 5.69 Å². The second-order valence-electron chi connectivity index (χ2n) is 2.52. The normalized spacial score (nSPS) is 10.0. The first kappa shape index (κ1) is 8.36. The van der Waals surface area contributed by atoms with Crippen molar-refractivity contribution in [3.05, 3.63) is 40.8 Å². The van der Waals surface area contributed by atoms with Crippen LogP contribution >= 0.6 is 0 Å². The molecule has 0 amide bonds. The molecule has 0 atom stereocenters. The highest BCUT2D eigenvalue weighted by molar-refractivity contribution is 5.65. The Balaban J connectivity index is 2.58. The third-order valence-electron chi connectivity index (χ3n) is 1.69. The maximum absolute atomic E-state index is 10.6. The van der Waals surface area contributed by atoms with Gasteiger partial charge in [0.25, 0.3) is 11.6 Å². The number of hydrogen-bond acceptors (Lipinski definition) is 5. The lowest BCUT2D eigenvalue weighted by Crippen LogP contribution is -1.91. The first-order valence-corrected chi connectivity index (χ1v) is 3.79. The molecule has 2 aromatic rings. The van der Waals surface area contributed by atoms with Gasteiger partial charge in [-0.3, -0.25) is 10.1 Å². The molecule has 1 aromatic heterocycles. The molecule has 70 valence electrons. The van der Waals surface area contributed by atoms with Crippen molar-refractivity contribution in [2.75, 3.05) is 0 Å². The molecule has 0 aliphatic heterocycles. The van der Waals surface area contributed by atoms with E-state index < -0.39 is 4.92 Å². The Labute approximate surface area is 78.3 Å².